The van der Waals surface area contributed by atoms with E-state index in [1.165, 1.54) is 12.1 Å². The maximum atomic E-state index is 11.7. The Kier molecular flexibility index (Phi) is 6.04. The Morgan fingerprint density at radius 3 is 2.12 bits per heavy atom. The van der Waals surface area contributed by atoms with Crippen LogP contribution in [0.5, 0.6) is 0 Å². The minimum Gasteiger partial charge on any atom is -0.377 e. The normalized spacial score (nSPS) is 11.2. The minimum atomic E-state index is -1.57. The molecule has 7 heteroatoms. The van der Waals surface area contributed by atoms with E-state index in [1.807, 2.05) is 0 Å². The fourth-order valence-electron chi connectivity index (χ4n) is 1.78. The van der Waals surface area contributed by atoms with Crippen molar-refractivity contribution in [3.8, 4) is 0 Å². The molecular formula is C17H15NO6. The van der Waals surface area contributed by atoms with E-state index in [0.717, 1.165) is 0 Å². The molecule has 1 unspecified atom stereocenters. The monoisotopic (exact) mass is 329 g/mol. The lowest BCUT2D eigenvalue weighted by Gasteiger charge is -2.09. The van der Waals surface area contributed by atoms with E-state index in [4.69, 9.17) is 0 Å². The number of hydrogen-bond donors (Lipinski definition) is 2. The van der Waals surface area contributed by atoms with Gasteiger partial charge in [-0.15, -0.1) is 0 Å². The molecule has 1 atom stereocenters. The number of aliphatic hydroxyl groups is 1. The summed E-state index contributed by atoms with van der Waals surface area (Å²) in [6.07, 6.45) is -1.57. The zero-order valence-electron chi connectivity index (χ0n) is 12.5. The molecule has 2 N–H and O–H groups in total. The van der Waals surface area contributed by atoms with Crippen molar-refractivity contribution in [3.05, 3.63) is 71.8 Å². The summed E-state index contributed by atoms with van der Waals surface area (Å²) in [4.78, 5) is 43.3. The first kappa shape index (κ1) is 17.2. The summed E-state index contributed by atoms with van der Waals surface area (Å²) in [6, 6.07) is 16.3. The molecule has 0 bridgehead atoms. The van der Waals surface area contributed by atoms with Gasteiger partial charge in [-0.25, -0.2) is 19.4 Å². The Morgan fingerprint density at radius 2 is 1.50 bits per heavy atom. The number of carbonyl (C=O) groups is 3. The van der Waals surface area contributed by atoms with Crippen molar-refractivity contribution in [2.45, 2.75) is 6.10 Å². The van der Waals surface area contributed by atoms with Gasteiger partial charge in [-0.2, -0.15) is 0 Å². The SMILES string of the molecule is O=C(CNC(=O)c1ccccc1)OOC(=O)C(O)c1ccccc1. The molecule has 0 aliphatic carbocycles. The maximum Gasteiger partial charge on any atom is 0.388 e. The van der Waals surface area contributed by atoms with Crippen LogP contribution < -0.4 is 5.32 Å². The summed E-state index contributed by atoms with van der Waals surface area (Å²) in [5.74, 6) is -2.58. The molecule has 0 aliphatic heterocycles. The van der Waals surface area contributed by atoms with Crippen molar-refractivity contribution in [1.29, 1.82) is 0 Å². The van der Waals surface area contributed by atoms with E-state index in [-0.39, 0.29) is 0 Å². The molecule has 24 heavy (non-hydrogen) atoms. The second-order valence-corrected chi connectivity index (χ2v) is 4.72. The summed E-state index contributed by atoms with van der Waals surface area (Å²) >= 11 is 0. The highest BCUT2D eigenvalue weighted by Crippen LogP contribution is 2.13. The standard InChI is InChI=1S/C17H15NO6/c19-14(11-18-16(21)13-9-5-2-6-10-13)23-24-17(22)15(20)12-7-3-1-4-8-12/h1-10,15,20H,11H2,(H,18,21). The predicted molar refractivity (Wildman–Crippen MR) is 82.4 cm³/mol. The Hall–Kier alpha value is -3.19. The van der Waals surface area contributed by atoms with Gasteiger partial charge in [0.05, 0.1) is 0 Å². The summed E-state index contributed by atoms with van der Waals surface area (Å²) in [5.41, 5.74) is 0.678. The van der Waals surface area contributed by atoms with Gasteiger partial charge >= 0.3 is 11.9 Å². The second-order valence-electron chi connectivity index (χ2n) is 4.72. The van der Waals surface area contributed by atoms with Crippen LogP contribution in [-0.4, -0.2) is 29.5 Å². The lowest BCUT2D eigenvalue weighted by Crippen LogP contribution is -2.31. The first-order valence-electron chi connectivity index (χ1n) is 7.05. The molecule has 2 aromatic rings. The van der Waals surface area contributed by atoms with Gasteiger partial charge in [0, 0.05) is 5.56 Å². The summed E-state index contributed by atoms with van der Waals surface area (Å²) in [5, 5.41) is 12.0. The molecule has 0 saturated carbocycles. The van der Waals surface area contributed by atoms with Gasteiger partial charge in [0.25, 0.3) is 5.91 Å². The van der Waals surface area contributed by atoms with Crippen LogP contribution in [-0.2, 0) is 19.4 Å². The minimum absolute atomic E-state index is 0.302. The summed E-state index contributed by atoms with van der Waals surface area (Å²) < 4.78 is 0. The number of nitrogens with one attached hydrogen (secondary N) is 1. The lowest BCUT2D eigenvalue weighted by molar-refractivity contribution is -0.263. The number of rotatable bonds is 5. The van der Waals surface area contributed by atoms with Crippen LogP contribution >= 0.6 is 0 Å². The van der Waals surface area contributed by atoms with Gasteiger partial charge in [0.1, 0.15) is 6.54 Å². The van der Waals surface area contributed by atoms with E-state index in [9.17, 15) is 19.5 Å². The van der Waals surface area contributed by atoms with Crippen LogP contribution in [0.15, 0.2) is 60.7 Å². The topological polar surface area (TPSA) is 102 Å². The van der Waals surface area contributed by atoms with E-state index in [0.29, 0.717) is 11.1 Å². The van der Waals surface area contributed by atoms with Gasteiger partial charge < -0.3 is 10.4 Å². The van der Waals surface area contributed by atoms with Crippen LogP contribution in [0.3, 0.4) is 0 Å². The second kappa shape index (κ2) is 8.44. The molecule has 0 spiro atoms. The fourth-order valence-corrected chi connectivity index (χ4v) is 1.78. The van der Waals surface area contributed by atoms with Crippen molar-refractivity contribution < 1.29 is 29.3 Å². The number of hydrogen-bond acceptors (Lipinski definition) is 6. The molecule has 0 fully saturated rings. The van der Waals surface area contributed by atoms with Gasteiger partial charge in [0.15, 0.2) is 6.10 Å². The fraction of sp³-hybridized carbons (Fsp3) is 0.118. The van der Waals surface area contributed by atoms with Crippen molar-refractivity contribution in [1.82, 2.24) is 5.32 Å². The number of aliphatic hydroxyl groups excluding tert-OH is 1. The third kappa shape index (κ3) is 4.92. The number of carbonyl (C=O) groups excluding carboxylic acids is 3. The van der Waals surface area contributed by atoms with Crippen molar-refractivity contribution in [3.63, 3.8) is 0 Å². The summed E-state index contributed by atoms with van der Waals surface area (Å²) in [6.45, 7) is -0.484. The molecular weight excluding hydrogens is 314 g/mol. The molecule has 2 rings (SSSR count). The van der Waals surface area contributed by atoms with E-state index in [2.05, 4.69) is 15.1 Å². The van der Waals surface area contributed by atoms with E-state index >= 15 is 0 Å². The number of amides is 1. The smallest absolute Gasteiger partial charge is 0.377 e. The maximum absolute atomic E-state index is 11.7. The largest absolute Gasteiger partial charge is 0.388 e. The molecule has 1 amide bonds. The average molecular weight is 329 g/mol. The quantitative estimate of drug-likeness (QED) is 0.630. The molecule has 0 aliphatic rings. The molecule has 0 radical (unpaired) electrons. The van der Waals surface area contributed by atoms with Crippen LogP contribution in [0.25, 0.3) is 0 Å². The third-order valence-corrected chi connectivity index (χ3v) is 2.98. The van der Waals surface area contributed by atoms with Crippen LogP contribution in [0.1, 0.15) is 22.0 Å². The predicted octanol–water partition coefficient (Wildman–Crippen LogP) is 1.15. The first-order chi connectivity index (χ1) is 11.6. The Balaban J connectivity index is 1.75. The molecule has 2 aromatic carbocycles. The molecule has 0 saturated heterocycles. The van der Waals surface area contributed by atoms with Crippen molar-refractivity contribution in [2.75, 3.05) is 6.54 Å². The third-order valence-electron chi connectivity index (χ3n) is 2.98. The van der Waals surface area contributed by atoms with Crippen LogP contribution in [0.4, 0.5) is 0 Å². The Morgan fingerprint density at radius 1 is 0.917 bits per heavy atom. The highest BCUT2D eigenvalue weighted by atomic mass is 17.2. The van der Waals surface area contributed by atoms with Crippen LogP contribution in [0.2, 0.25) is 0 Å². The Labute approximate surface area is 137 Å². The van der Waals surface area contributed by atoms with Gasteiger partial charge in [-0.3, -0.25) is 4.79 Å². The zero-order chi connectivity index (χ0) is 17.4. The summed E-state index contributed by atoms with van der Waals surface area (Å²) in [7, 11) is 0. The Bertz CT molecular complexity index is 702. The lowest BCUT2D eigenvalue weighted by atomic mass is 10.1. The van der Waals surface area contributed by atoms with E-state index in [1.54, 1.807) is 48.5 Å². The van der Waals surface area contributed by atoms with Gasteiger partial charge in [-0.1, -0.05) is 48.5 Å². The number of benzene rings is 2. The van der Waals surface area contributed by atoms with Crippen LogP contribution in [0, 0.1) is 0 Å². The average Bonchev–Trinajstić information content (AvgIpc) is 2.64. The van der Waals surface area contributed by atoms with Gasteiger partial charge in [-0.05, 0) is 17.7 Å². The van der Waals surface area contributed by atoms with Gasteiger partial charge in [0.2, 0.25) is 0 Å². The first-order valence-corrected chi connectivity index (χ1v) is 7.05. The highest BCUT2D eigenvalue weighted by molar-refractivity contribution is 5.95. The molecule has 0 heterocycles. The zero-order valence-corrected chi connectivity index (χ0v) is 12.5. The van der Waals surface area contributed by atoms with E-state index < -0.39 is 30.5 Å². The highest BCUT2D eigenvalue weighted by Gasteiger charge is 2.21. The van der Waals surface area contributed by atoms with Crippen molar-refractivity contribution >= 4 is 17.8 Å². The van der Waals surface area contributed by atoms with Crippen molar-refractivity contribution in [2.24, 2.45) is 0 Å². The molecule has 124 valence electrons. The molecule has 7 nitrogen and oxygen atoms in total. The molecule has 0 aromatic heterocycles.